The Hall–Kier alpha value is -3.59. The number of nitrogens with two attached hydrogens (primary N) is 1. The van der Waals surface area contributed by atoms with Crippen molar-refractivity contribution < 1.29 is 52.4 Å². The molecule has 0 bridgehead atoms. The Morgan fingerprint density at radius 3 is 1.49 bits per heavy atom. The maximum atomic E-state index is 13.2. The van der Waals surface area contributed by atoms with Gasteiger partial charge in [0.2, 0.25) is 5.91 Å². The Morgan fingerprint density at radius 1 is 0.681 bits per heavy atom. The molecule has 47 heavy (non-hydrogen) atoms. The Labute approximate surface area is 278 Å². The van der Waals surface area contributed by atoms with Crippen LogP contribution in [0.3, 0.4) is 0 Å². The zero-order valence-corrected chi connectivity index (χ0v) is 29.1. The van der Waals surface area contributed by atoms with E-state index in [1.54, 1.807) is 24.3 Å². The van der Waals surface area contributed by atoms with Crippen LogP contribution in [0.2, 0.25) is 0 Å². The normalized spacial score (nSPS) is 11.1. The molecule has 0 aliphatic heterocycles. The van der Waals surface area contributed by atoms with Crippen molar-refractivity contribution in [2.24, 2.45) is 5.73 Å². The molecule has 268 valence electrons. The van der Waals surface area contributed by atoms with E-state index in [2.05, 4.69) is 24.8 Å². The van der Waals surface area contributed by atoms with Crippen molar-refractivity contribution in [1.82, 2.24) is 10.6 Å². The average molecular weight is 670 g/mol. The highest BCUT2D eigenvalue weighted by Crippen LogP contribution is 2.16. The van der Waals surface area contributed by atoms with E-state index in [1.807, 2.05) is 27.7 Å². The van der Waals surface area contributed by atoms with E-state index < -0.39 is 29.0 Å². The first-order chi connectivity index (χ1) is 22.4. The Balaban J connectivity index is 0.0000104. The van der Waals surface area contributed by atoms with Crippen LogP contribution in [0.5, 0.6) is 0 Å². The molecule has 0 saturated carbocycles. The number of hydrogen-bond donors (Lipinski definition) is 3. The number of benzene rings is 1. The molecule has 0 saturated heterocycles. The van der Waals surface area contributed by atoms with E-state index in [-0.39, 0.29) is 77.1 Å². The number of rotatable bonds is 23. The summed E-state index contributed by atoms with van der Waals surface area (Å²) in [5.41, 5.74) is 5.23. The number of nitrogens with one attached hydrogen (secondary N) is 2. The first kappa shape index (κ1) is 43.4. The number of amides is 2. The molecule has 2 amide bonds. The minimum Gasteiger partial charge on any atom is -0.469 e. The van der Waals surface area contributed by atoms with E-state index in [4.69, 9.17) is 19.9 Å². The number of methoxy groups -OCH3 is 3. The van der Waals surface area contributed by atoms with Crippen LogP contribution in [0.25, 0.3) is 0 Å². The van der Waals surface area contributed by atoms with Gasteiger partial charge in [-0.3, -0.25) is 24.0 Å². The van der Waals surface area contributed by atoms with Gasteiger partial charge in [-0.1, -0.05) is 26.0 Å². The lowest BCUT2D eigenvalue weighted by molar-refractivity contribution is -0.143. The largest absolute Gasteiger partial charge is 0.469 e. The summed E-state index contributed by atoms with van der Waals surface area (Å²) in [6.45, 7) is 7.87. The van der Waals surface area contributed by atoms with Gasteiger partial charge < -0.3 is 44.8 Å². The van der Waals surface area contributed by atoms with Crippen molar-refractivity contribution in [2.75, 3.05) is 61.0 Å². The topological polar surface area (TPSA) is 191 Å². The van der Waals surface area contributed by atoms with Gasteiger partial charge >= 0.3 is 17.9 Å². The van der Waals surface area contributed by atoms with Crippen LogP contribution in [0.15, 0.2) is 24.3 Å². The minimum atomic E-state index is -1.22. The molecular formula is C33H55N3O11. The molecule has 0 aromatic heterocycles. The van der Waals surface area contributed by atoms with Gasteiger partial charge in [-0.15, -0.1) is 0 Å². The molecule has 1 aromatic carbocycles. The van der Waals surface area contributed by atoms with Gasteiger partial charge in [0.25, 0.3) is 5.91 Å². The second-order valence-corrected chi connectivity index (χ2v) is 11.1. The fraction of sp³-hybridized carbons (Fsp3) is 0.667. The predicted octanol–water partition coefficient (Wildman–Crippen LogP) is 2.44. The molecule has 0 aliphatic carbocycles. The zero-order chi connectivity index (χ0) is 35.7. The van der Waals surface area contributed by atoms with Crippen molar-refractivity contribution in [3.8, 4) is 0 Å². The molecule has 1 rings (SSSR count). The molecule has 0 fully saturated rings. The molecule has 0 unspecified atom stereocenters. The summed E-state index contributed by atoms with van der Waals surface area (Å²) in [6.07, 6.45) is 1.03. The SMILES string of the molecule is CC.COC(=O)CCOCC(COCCC(=O)OC)(COCCC(=O)OC)NC(=O)CCCC(C)(C)NC(=O)c1ccc(CN)cc1. The first-order valence-electron chi connectivity index (χ1n) is 15.8. The summed E-state index contributed by atoms with van der Waals surface area (Å²) in [7, 11) is 3.80. The van der Waals surface area contributed by atoms with Crippen LogP contribution < -0.4 is 16.4 Å². The highest BCUT2D eigenvalue weighted by molar-refractivity contribution is 5.94. The summed E-state index contributed by atoms with van der Waals surface area (Å²) in [5, 5.41) is 5.94. The van der Waals surface area contributed by atoms with E-state index in [0.29, 0.717) is 24.9 Å². The van der Waals surface area contributed by atoms with E-state index in [9.17, 15) is 24.0 Å². The molecule has 0 spiro atoms. The van der Waals surface area contributed by atoms with Crippen LogP contribution in [0, 0.1) is 0 Å². The molecular weight excluding hydrogens is 614 g/mol. The summed E-state index contributed by atoms with van der Waals surface area (Å²) in [4.78, 5) is 60.6. The molecule has 0 heterocycles. The smallest absolute Gasteiger partial charge is 0.307 e. The highest BCUT2D eigenvalue weighted by Gasteiger charge is 2.34. The third-order valence-electron chi connectivity index (χ3n) is 6.68. The molecule has 0 radical (unpaired) electrons. The van der Waals surface area contributed by atoms with Crippen molar-refractivity contribution in [1.29, 1.82) is 0 Å². The fourth-order valence-corrected chi connectivity index (χ4v) is 4.09. The van der Waals surface area contributed by atoms with Gasteiger partial charge in [0.05, 0.1) is 80.2 Å². The zero-order valence-electron chi connectivity index (χ0n) is 29.1. The lowest BCUT2D eigenvalue weighted by Gasteiger charge is -2.34. The lowest BCUT2D eigenvalue weighted by Crippen LogP contribution is -2.58. The maximum absolute atomic E-state index is 13.2. The third-order valence-corrected chi connectivity index (χ3v) is 6.68. The van der Waals surface area contributed by atoms with Crippen LogP contribution in [-0.2, 0) is 54.1 Å². The van der Waals surface area contributed by atoms with Gasteiger partial charge in [-0.05, 0) is 44.4 Å². The maximum Gasteiger partial charge on any atom is 0.307 e. The molecule has 4 N–H and O–H groups in total. The standard InChI is InChI=1S/C31H49N3O11.C2H6/c1-30(2,34-29(39)24-10-8-23(19-32)9-11-24)15-6-7-25(35)33-31(20-43-16-12-26(36)40-3,21-44-17-13-27(37)41-4)22-45-18-14-28(38)42-5;1-2/h8-11H,6-7,12-22,32H2,1-5H3,(H,33,35)(H,34,39);1-2H3. The number of carbonyl (C=O) groups excluding carboxylic acids is 5. The van der Waals surface area contributed by atoms with Crippen molar-refractivity contribution in [3.05, 3.63) is 35.4 Å². The van der Waals surface area contributed by atoms with Crippen LogP contribution in [-0.4, -0.2) is 102 Å². The lowest BCUT2D eigenvalue weighted by atomic mass is 9.95. The summed E-state index contributed by atoms with van der Waals surface area (Å²) in [6, 6.07) is 7.04. The van der Waals surface area contributed by atoms with Crippen molar-refractivity contribution >= 4 is 29.7 Å². The Morgan fingerprint density at radius 2 is 1.11 bits per heavy atom. The number of carbonyl (C=O) groups is 5. The van der Waals surface area contributed by atoms with Crippen LogP contribution >= 0.6 is 0 Å². The van der Waals surface area contributed by atoms with Crippen molar-refractivity contribution in [3.63, 3.8) is 0 Å². The van der Waals surface area contributed by atoms with Gasteiger partial charge in [0, 0.05) is 24.1 Å². The average Bonchev–Trinajstić information content (AvgIpc) is 3.07. The van der Waals surface area contributed by atoms with Gasteiger partial charge in [0.1, 0.15) is 5.54 Å². The predicted molar refractivity (Wildman–Crippen MR) is 174 cm³/mol. The Kier molecular flexibility index (Phi) is 22.7. The Bertz CT molecular complexity index is 1020. The number of esters is 3. The molecule has 1 aromatic rings. The van der Waals surface area contributed by atoms with Gasteiger partial charge in [0.15, 0.2) is 0 Å². The van der Waals surface area contributed by atoms with Crippen LogP contribution in [0.4, 0.5) is 0 Å². The third kappa shape index (κ3) is 19.6. The highest BCUT2D eigenvalue weighted by atomic mass is 16.5. The van der Waals surface area contributed by atoms with Gasteiger partial charge in [-0.25, -0.2) is 0 Å². The summed E-state index contributed by atoms with van der Waals surface area (Å²) >= 11 is 0. The summed E-state index contributed by atoms with van der Waals surface area (Å²) < 4.78 is 31.1. The molecule has 0 aliphatic rings. The molecule has 0 atom stereocenters. The van der Waals surface area contributed by atoms with E-state index in [1.165, 1.54) is 21.3 Å². The molecule has 14 nitrogen and oxygen atoms in total. The van der Waals surface area contributed by atoms with Crippen LogP contribution in [0.1, 0.15) is 82.1 Å². The monoisotopic (exact) mass is 669 g/mol. The van der Waals surface area contributed by atoms with E-state index >= 15 is 0 Å². The second-order valence-electron chi connectivity index (χ2n) is 11.1. The fourth-order valence-electron chi connectivity index (χ4n) is 4.09. The van der Waals surface area contributed by atoms with Gasteiger partial charge in [-0.2, -0.15) is 0 Å². The van der Waals surface area contributed by atoms with Crippen molar-refractivity contribution in [2.45, 2.75) is 83.8 Å². The molecule has 14 heteroatoms. The van der Waals surface area contributed by atoms with E-state index in [0.717, 1.165) is 5.56 Å². The second kappa shape index (κ2) is 24.6. The minimum absolute atomic E-state index is 0.00904. The first-order valence-corrected chi connectivity index (χ1v) is 15.8. The number of ether oxygens (including phenoxy) is 6. The number of hydrogen-bond acceptors (Lipinski definition) is 12. The summed E-state index contributed by atoms with van der Waals surface area (Å²) in [5.74, 6) is -1.95. The quantitative estimate of drug-likeness (QED) is 0.0878.